The third-order valence-electron chi connectivity index (χ3n) is 3.25. The van der Waals surface area contributed by atoms with Gasteiger partial charge >= 0.3 is 6.09 Å². The number of phenols is 1. The molecule has 1 N–H and O–H groups in total. The lowest BCUT2D eigenvalue weighted by Gasteiger charge is -2.17. The van der Waals surface area contributed by atoms with Gasteiger partial charge in [-0.15, -0.1) is 0 Å². The van der Waals surface area contributed by atoms with Crippen LogP contribution in [0.5, 0.6) is 11.5 Å². The summed E-state index contributed by atoms with van der Waals surface area (Å²) >= 11 is 0. The van der Waals surface area contributed by atoms with Crippen molar-refractivity contribution in [1.29, 1.82) is 0 Å². The molecule has 0 aliphatic carbocycles. The number of nitro benzene ring substituents is 2. The monoisotopic (exact) mass is 347 g/mol. The summed E-state index contributed by atoms with van der Waals surface area (Å²) in [5.41, 5.74) is -0.102. The molecule has 25 heavy (non-hydrogen) atoms. The molecular formula is C15H13N3O7. The maximum absolute atomic E-state index is 12.0. The Morgan fingerprint density at radius 2 is 1.64 bits per heavy atom. The van der Waals surface area contributed by atoms with Gasteiger partial charge in [0.2, 0.25) is 0 Å². The number of non-ortho nitro benzene ring substituents is 2. The first kappa shape index (κ1) is 17.7. The fourth-order valence-corrected chi connectivity index (χ4v) is 1.93. The number of aromatic hydroxyl groups is 1. The van der Waals surface area contributed by atoms with Crippen LogP contribution < -0.4 is 4.74 Å². The van der Waals surface area contributed by atoms with E-state index in [4.69, 9.17) is 4.74 Å². The number of hydrogen-bond acceptors (Lipinski definition) is 7. The highest BCUT2D eigenvalue weighted by atomic mass is 16.6. The minimum atomic E-state index is -0.758. The number of carbonyl (C=O) groups excluding carboxylic acids is 1. The molecule has 2 rings (SSSR count). The Balaban J connectivity index is 2.02. The van der Waals surface area contributed by atoms with Gasteiger partial charge in [0, 0.05) is 30.8 Å². The Morgan fingerprint density at radius 1 is 1.08 bits per heavy atom. The van der Waals surface area contributed by atoms with Crippen molar-refractivity contribution in [1.82, 2.24) is 4.90 Å². The number of phenolic OH excluding ortho intramolecular Hbond substituents is 1. The second-order valence-corrected chi connectivity index (χ2v) is 5.05. The molecule has 0 unspecified atom stereocenters. The summed E-state index contributed by atoms with van der Waals surface area (Å²) in [6.07, 6.45) is -0.758. The highest BCUT2D eigenvalue weighted by Gasteiger charge is 2.16. The van der Waals surface area contributed by atoms with E-state index < -0.39 is 15.9 Å². The topological polar surface area (TPSA) is 136 Å². The lowest BCUT2D eigenvalue weighted by molar-refractivity contribution is -0.385. The van der Waals surface area contributed by atoms with Crippen molar-refractivity contribution in [3.05, 3.63) is 68.3 Å². The van der Waals surface area contributed by atoms with Crippen LogP contribution in [0, 0.1) is 20.2 Å². The lowest BCUT2D eigenvalue weighted by Crippen LogP contribution is -2.29. The summed E-state index contributed by atoms with van der Waals surface area (Å²) in [6.45, 7) is -0.0460. The predicted octanol–water partition coefficient (Wildman–Crippen LogP) is 2.84. The standard InChI is InChI=1S/C15H13N3O7/c1-16(9-10-2-3-12(18(23)24)8-14(10)19)15(20)25-13-6-4-11(5-7-13)17(21)22/h2-8,19H,9H2,1H3. The van der Waals surface area contributed by atoms with Crippen molar-refractivity contribution in [3.8, 4) is 11.5 Å². The van der Waals surface area contributed by atoms with E-state index in [2.05, 4.69) is 0 Å². The number of hydrogen-bond donors (Lipinski definition) is 1. The Labute approximate surface area is 141 Å². The summed E-state index contributed by atoms with van der Waals surface area (Å²) in [4.78, 5) is 33.1. The van der Waals surface area contributed by atoms with Crippen molar-refractivity contribution in [2.24, 2.45) is 0 Å². The Bertz CT molecular complexity index is 820. The van der Waals surface area contributed by atoms with Crippen LogP contribution in [0.3, 0.4) is 0 Å². The average molecular weight is 347 g/mol. The Morgan fingerprint density at radius 3 is 2.16 bits per heavy atom. The van der Waals surface area contributed by atoms with Gasteiger partial charge < -0.3 is 14.7 Å². The number of nitro groups is 2. The van der Waals surface area contributed by atoms with Gasteiger partial charge in [0.25, 0.3) is 11.4 Å². The minimum absolute atomic E-state index is 0.0460. The quantitative estimate of drug-likeness (QED) is 0.648. The molecule has 0 spiro atoms. The molecule has 0 atom stereocenters. The SMILES string of the molecule is CN(Cc1ccc([N+](=O)[O-])cc1O)C(=O)Oc1ccc([N+](=O)[O-])cc1. The average Bonchev–Trinajstić information content (AvgIpc) is 2.56. The van der Waals surface area contributed by atoms with E-state index in [0.717, 1.165) is 11.0 Å². The van der Waals surface area contributed by atoms with Crippen LogP contribution in [0.4, 0.5) is 16.2 Å². The number of carbonyl (C=O) groups is 1. The first-order valence-corrected chi connectivity index (χ1v) is 6.91. The Kier molecular flexibility index (Phi) is 5.12. The van der Waals surface area contributed by atoms with Crippen LogP contribution in [0.15, 0.2) is 42.5 Å². The first-order chi connectivity index (χ1) is 11.8. The summed E-state index contributed by atoms with van der Waals surface area (Å²) in [7, 11) is 1.41. The van der Waals surface area contributed by atoms with Gasteiger partial charge in [0.05, 0.1) is 22.5 Å². The summed E-state index contributed by atoms with van der Waals surface area (Å²) in [5.74, 6) is -0.195. The van der Waals surface area contributed by atoms with Gasteiger partial charge in [-0.1, -0.05) is 0 Å². The van der Waals surface area contributed by atoms with Gasteiger partial charge in [-0.05, 0) is 18.2 Å². The molecule has 0 aliphatic rings. The van der Waals surface area contributed by atoms with E-state index in [1.165, 1.54) is 43.4 Å². The molecule has 0 fully saturated rings. The van der Waals surface area contributed by atoms with Gasteiger partial charge in [0.1, 0.15) is 11.5 Å². The molecule has 10 heteroatoms. The molecule has 0 bridgehead atoms. The largest absolute Gasteiger partial charge is 0.507 e. The number of benzene rings is 2. The van der Waals surface area contributed by atoms with Crippen molar-refractivity contribution in [2.75, 3.05) is 7.05 Å². The van der Waals surface area contributed by atoms with Crippen LogP contribution in [-0.4, -0.2) is 33.0 Å². The fraction of sp³-hybridized carbons (Fsp3) is 0.133. The number of amides is 1. The second-order valence-electron chi connectivity index (χ2n) is 5.05. The van der Waals surface area contributed by atoms with Crippen LogP contribution in [0.1, 0.15) is 5.56 Å². The lowest BCUT2D eigenvalue weighted by atomic mass is 10.1. The zero-order valence-corrected chi connectivity index (χ0v) is 13.0. The minimum Gasteiger partial charge on any atom is -0.507 e. The smallest absolute Gasteiger partial charge is 0.415 e. The molecule has 0 aromatic heterocycles. The highest BCUT2D eigenvalue weighted by Crippen LogP contribution is 2.25. The molecule has 2 aromatic rings. The van der Waals surface area contributed by atoms with Crippen LogP contribution in [-0.2, 0) is 6.54 Å². The van der Waals surface area contributed by atoms with E-state index in [-0.39, 0.29) is 29.4 Å². The maximum atomic E-state index is 12.0. The van der Waals surface area contributed by atoms with Gasteiger partial charge in [-0.3, -0.25) is 20.2 Å². The van der Waals surface area contributed by atoms with Crippen LogP contribution >= 0.6 is 0 Å². The fourth-order valence-electron chi connectivity index (χ4n) is 1.93. The van der Waals surface area contributed by atoms with Gasteiger partial charge in [0.15, 0.2) is 0 Å². The molecule has 0 radical (unpaired) electrons. The van der Waals surface area contributed by atoms with Crippen molar-refractivity contribution in [3.63, 3.8) is 0 Å². The highest BCUT2D eigenvalue weighted by molar-refractivity contribution is 5.70. The third-order valence-corrected chi connectivity index (χ3v) is 3.25. The number of nitrogens with zero attached hydrogens (tertiary/aromatic N) is 3. The van der Waals surface area contributed by atoms with E-state index in [9.17, 15) is 30.1 Å². The number of ether oxygens (including phenoxy) is 1. The van der Waals surface area contributed by atoms with Crippen molar-refractivity contribution >= 4 is 17.5 Å². The molecule has 0 heterocycles. The molecule has 1 amide bonds. The van der Waals surface area contributed by atoms with Crippen LogP contribution in [0.2, 0.25) is 0 Å². The molecule has 10 nitrogen and oxygen atoms in total. The van der Waals surface area contributed by atoms with Gasteiger partial charge in [-0.2, -0.15) is 0 Å². The van der Waals surface area contributed by atoms with E-state index in [0.29, 0.717) is 5.56 Å². The van der Waals surface area contributed by atoms with E-state index in [1.54, 1.807) is 0 Å². The predicted molar refractivity (Wildman–Crippen MR) is 85.3 cm³/mol. The first-order valence-electron chi connectivity index (χ1n) is 6.91. The second kappa shape index (κ2) is 7.25. The van der Waals surface area contributed by atoms with E-state index in [1.807, 2.05) is 0 Å². The molecule has 0 saturated heterocycles. The molecular weight excluding hydrogens is 334 g/mol. The molecule has 0 saturated carbocycles. The Hall–Kier alpha value is -3.69. The van der Waals surface area contributed by atoms with Crippen molar-refractivity contribution in [2.45, 2.75) is 6.54 Å². The zero-order valence-electron chi connectivity index (χ0n) is 13.0. The van der Waals surface area contributed by atoms with Crippen LogP contribution in [0.25, 0.3) is 0 Å². The molecule has 130 valence electrons. The van der Waals surface area contributed by atoms with Crippen molar-refractivity contribution < 1.29 is 24.5 Å². The maximum Gasteiger partial charge on any atom is 0.415 e. The summed E-state index contributed by atoms with van der Waals surface area (Å²) in [6, 6.07) is 8.51. The van der Waals surface area contributed by atoms with E-state index >= 15 is 0 Å². The summed E-state index contributed by atoms with van der Waals surface area (Å²) in [5, 5.41) is 31.0. The molecule has 2 aromatic carbocycles. The third kappa shape index (κ3) is 4.41. The normalized spacial score (nSPS) is 10.1. The molecule has 0 aliphatic heterocycles. The zero-order chi connectivity index (χ0) is 18.6. The van der Waals surface area contributed by atoms with Gasteiger partial charge in [-0.25, -0.2) is 4.79 Å². The number of rotatable bonds is 5. The summed E-state index contributed by atoms with van der Waals surface area (Å²) < 4.78 is 5.06.